The Morgan fingerprint density at radius 3 is 2.77 bits per heavy atom. The number of fused-ring (bicyclic) bond motifs is 2. The summed E-state index contributed by atoms with van der Waals surface area (Å²) in [6, 6.07) is 18.1. The van der Waals surface area contributed by atoms with Gasteiger partial charge in [0.1, 0.15) is 12.4 Å². The maximum Gasteiger partial charge on any atom is 0.235 e. The molecule has 0 radical (unpaired) electrons. The Labute approximate surface area is 152 Å². The van der Waals surface area contributed by atoms with E-state index in [1.54, 1.807) is 16.9 Å². The number of nitrogens with zero attached hydrogens (tertiary/aromatic N) is 5. The summed E-state index contributed by atoms with van der Waals surface area (Å²) in [7, 11) is 0. The fraction of sp³-hybridized carbons (Fsp3) is 0.0526. The van der Waals surface area contributed by atoms with E-state index < -0.39 is 0 Å². The van der Waals surface area contributed by atoms with E-state index in [0.29, 0.717) is 12.4 Å². The van der Waals surface area contributed by atoms with Gasteiger partial charge < -0.3 is 4.74 Å². The molecular weight excluding hydrogens is 346 g/mol. The minimum absolute atomic E-state index is 0.388. The Balaban J connectivity index is 1.40. The van der Waals surface area contributed by atoms with Crippen LogP contribution in [0.1, 0.15) is 5.01 Å². The molecule has 3 aromatic heterocycles. The average molecular weight is 359 g/mol. The number of pyridine rings is 1. The van der Waals surface area contributed by atoms with Crippen molar-refractivity contribution in [2.75, 3.05) is 0 Å². The lowest BCUT2D eigenvalue weighted by Gasteiger charge is -2.05. The van der Waals surface area contributed by atoms with Crippen LogP contribution in [-0.2, 0) is 6.61 Å². The summed E-state index contributed by atoms with van der Waals surface area (Å²) in [5.74, 6) is 1.50. The molecule has 0 amide bonds. The topological polar surface area (TPSA) is 65.2 Å². The van der Waals surface area contributed by atoms with Gasteiger partial charge >= 0.3 is 0 Å². The number of rotatable bonds is 4. The van der Waals surface area contributed by atoms with Gasteiger partial charge in [-0.25, -0.2) is 0 Å². The lowest BCUT2D eigenvalue weighted by atomic mass is 10.1. The lowest BCUT2D eigenvalue weighted by molar-refractivity contribution is 0.304. The highest BCUT2D eigenvalue weighted by atomic mass is 32.1. The molecule has 126 valence electrons. The van der Waals surface area contributed by atoms with Crippen molar-refractivity contribution in [2.45, 2.75) is 6.61 Å². The smallest absolute Gasteiger partial charge is 0.235 e. The first-order valence-corrected chi connectivity index (χ1v) is 8.91. The quantitative estimate of drug-likeness (QED) is 0.486. The third kappa shape index (κ3) is 2.68. The molecule has 0 atom stereocenters. The van der Waals surface area contributed by atoms with Crippen molar-refractivity contribution < 1.29 is 4.74 Å². The zero-order valence-electron chi connectivity index (χ0n) is 13.6. The first-order chi connectivity index (χ1) is 12.9. The van der Waals surface area contributed by atoms with Crippen molar-refractivity contribution in [1.82, 2.24) is 24.8 Å². The maximum absolute atomic E-state index is 5.92. The third-order valence-corrected chi connectivity index (χ3v) is 4.91. The molecule has 0 saturated heterocycles. The van der Waals surface area contributed by atoms with Crippen molar-refractivity contribution in [3.8, 4) is 17.1 Å². The molecular formula is C19H13N5OS. The first kappa shape index (κ1) is 15.0. The van der Waals surface area contributed by atoms with Crippen LogP contribution in [-0.4, -0.2) is 24.8 Å². The second-order valence-corrected chi connectivity index (χ2v) is 6.79. The van der Waals surface area contributed by atoms with Crippen molar-refractivity contribution in [3.63, 3.8) is 0 Å². The van der Waals surface area contributed by atoms with Crippen molar-refractivity contribution in [2.24, 2.45) is 0 Å². The number of hydrogen-bond acceptors (Lipinski definition) is 6. The SMILES string of the molecule is c1cncc(-c2nnc3sc(COc4ccc5ccccc5c4)nn23)c1. The molecule has 5 aromatic rings. The molecule has 0 N–H and O–H groups in total. The summed E-state index contributed by atoms with van der Waals surface area (Å²) in [6.45, 7) is 0.388. The molecule has 2 aromatic carbocycles. The Hall–Kier alpha value is -3.32. The predicted octanol–water partition coefficient (Wildman–Crippen LogP) is 3.98. The molecule has 0 unspecified atom stereocenters. The van der Waals surface area contributed by atoms with E-state index in [0.717, 1.165) is 26.7 Å². The zero-order valence-corrected chi connectivity index (χ0v) is 14.4. The first-order valence-electron chi connectivity index (χ1n) is 8.10. The van der Waals surface area contributed by atoms with Gasteiger partial charge in [-0.3, -0.25) is 4.98 Å². The molecule has 0 spiro atoms. The number of benzene rings is 2. The largest absolute Gasteiger partial charge is 0.486 e. The molecule has 7 heteroatoms. The predicted molar refractivity (Wildman–Crippen MR) is 100 cm³/mol. The van der Waals surface area contributed by atoms with Crippen LogP contribution >= 0.6 is 11.3 Å². The van der Waals surface area contributed by atoms with Gasteiger partial charge in [0.15, 0.2) is 10.8 Å². The van der Waals surface area contributed by atoms with Gasteiger partial charge in [0.25, 0.3) is 0 Å². The van der Waals surface area contributed by atoms with Crippen LogP contribution in [0.15, 0.2) is 67.0 Å². The van der Waals surface area contributed by atoms with Crippen LogP contribution in [0.5, 0.6) is 5.75 Å². The van der Waals surface area contributed by atoms with E-state index in [4.69, 9.17) is 4.74 Å². The van der Waals surface area contributed by atoms with Crippen LogP contribution in [0.2, 0.25) is 0 Å². The Kier molecular flexibility index (Phi) is 3.57. The monoisotopic (exact) mass is 359 g/mol. The van der Waals surface area contributed by atoms with E-state index in [1.165, 1.54) is 16.7 Å². The average Bonchev–Trinajstić information content (AvgIpc) is 3.27. The molecule has 0 aliphatic carbocycles. The number of aromatic nitrogens is 5. The minimum Gasteiger partial charge on any atom is -0.486 e. The second-order valence-electron chi connectivity index (χ2n) is 5.75. The third-order valence-electron chi connectivity index (χ3n) is 4.04. The van der Waals surface area contributed by atoms with Crippen LogP contribution in [0, 0.1) is 0 Å². The van der Waals surface area contributed by atoms with Gasteiger partial charge in [0, 0.05) is 18.0 Å². The summed E-state index contributed by atoms with van der Waals surface area (Å²) in [4.78, 5) is 4.86. The minimum atomic E-state index is 0.388. The van der Waals surface area contributed by atoms with Crippen molar-refractivity contribution >= 4 is 27.1 Å². The van der Waals surface area contributed by atoms with Crippen molar-refractivity contribution in [1.29, 1.82) is 0 Å². The molecule has 26 heavy (non-hydrogen) atoms. The van der Waals surface area contributed by atoms with E-state index in [-0.39, 0.29) is 0 Å². The summed E-state index contributed by atoms with van der Waals surface area (Å²) in [5, 5.41) is 16.2. The summed E-state index contributed by atoms with van der Waals surface area (Å²) >= 11 is 1.47. The molecule has 0 bridgehead atoms. The number of ether oxygens (including phenoxy) is 1. The van der Waals surface area contributed by atoms with E-state index in [9.17, 15) is 0 Å². The zero-order chi connectivity index (χ0) is 17.3. The fourth-order valence-corrected chi connectivity index (χ4v) is 3.54. The van der Waals surface area contributed by atoms with Crippen LogP contribution in [0.4, 0.5) is 0 Å². The second kappa shape index (κ2) is 6.20. The molecule has 3 heterocycles. The fourth-order valence-electron chi connectivity index (χ4n) is 2.79. The summed E-state index contributed by atoms with van der Waals surface area (Å²) < 4.78 is 7.66. The Morgan fingerprint density at radius 1 is 0.962 bits per heavy atom. The molecule has 0 saturated carbocycles. The van der Waals surface area contributed by atoms with Crippen LogP contribution < -0.4 is 4.74 Å². The van der Waals surface area contributed by atoms with Crippen LogP contribution in [0.25, 0.3) is 27.1 Å². The van der Waals surface area contributed by atoms with E-state index in [2.05, 4.69) is 38.5 Å². The van der Waals surface area contributed by atoms with Crippen molar-refractivity contribution in [3.05, 3.63) is 72.0 Å². The van der Waals surface area contributed by atoms with Gasteiger partial charge in [-0.15, -0.1) is 10.2 Å². The van der Waals surface area contributed by atoms with Gasteiger partial charge in [-0.05, 0) is 35.0 Å². The van der Waals surface area contributed by atoms with Gasteiger partial charge in [-0.2, -0.15) is 9.61 Å². The highest BCUT2D eigenvalue weighted by Crippen LogP contribution is 2.24. The normalized spacial score (nSPS) is 11.2. The highest BCUT2D eigenvalue weighted by molar-refractivity contribution is 7.16. The van der Waals surface area contributed by atoms with Crippen LogP contribution in [0.3, 0.4) is 0 Å². The van der Waals surface area contributed by atoms with Gasteiger partial charge in [-0.1, -0.05) is 41.7 Å². The molecule has 6 nitrogen and oxygen atoms in total. The highest BCUT2D eigenvalue weighted by Gasteiger charge is 2.13. The Bertz CT molecular complexity index is 1200. The molecule has 0 fully saturated rings. The van der Waals surface area contributed by atoms with E-state index >= 15 is 0 Å². The standard InChI is InChI=1S/C19H13N5OS/c1-2-5-14-10-16(8-7-13(14)4-1)25-12-17-23-24-18(21-22-19(24)26-17)15-6-3-9-20-11-15/h1-11H,12H2. The van der Waals surface area contributed by atoms with E-state index in [1.807, 2.05) is 36.4 Å². The Morgan fingerprint density at radius 2 is 1.88 bits per heavy atom. The van der Waals surface area contributed by atoms with Gasteiger partial charge in [0.05, 0.1) is 0 Å². The molecule has 5 rings (SSSR count). The van der Waals surface area contributed by atoms with Gasteiger partial charge in [0.2, 0.25) is 4.96 Å². The summed E-state index contributed by atoms with van der Waals surface area (Å²) in [6.07, 6.45) is 3.48. The summed E-state index contributed by atoms with van der Waals surface area (Å²) in [5.41, 5.74) is 0.882. The number of hydrogen-bond donors (Lipinski definition) is 0. The maximum atomic E-state index is 5.92. The molecule has 0 aliphatic rings. The molecule has 0 aliphatic heterocycles. The lowest BCUT2D eigenvalue weighted by Crippen LogP contribution is -1.97.